The zero-order valence-electron chi connectivity index (χ0n) is 10.4. The molecule has 0 aliphatic carbocycles. The summed E-state index contributed by atoms with van der Waals surface area (Å²) in [5.41, 5.74) is 0.800. The van der Waals surface area contributed by atoms with Gasteiger partial charge >= 0.3 is 0 Å². The second-order valence-electron chi connectivity index (χ2n) is 5.04. The van der Waals surface area contributed by atoms with Crippen molar-refractivity contribution in [3.05, 3.63) is 34.1 Å². The molecule has 3 heteroatoms. The molecular weight excluding hydrogens is 281 g/mol. The van der Waals surface area contributed by atoms with Crippen LogP contribution in [0.25, 0.3) is 0 Å². The van der Waals surface area contributed by atoms with E-state index in [-0.39, 0.29) is 5.82 Å². The van der Waals surface area contributed by atoms with Crippen LogP contribution in [0.5, 0.6) is 0 Å². The predicted octanol–water partition coefficient (Wildman–Crippen LogP) is 4.35. The number of hydrogen-bond acceptors (Lipinski definition) is 1. The third kappa shape index (κ3) is 3.08. The van der Waals surface area contributed by atoms with Gasteiger partial charge in [0, 0.05) is 28.7 Å². The fourth-order valence-electron chi connectivity index (χ4n) is 2.63. The first-order valence-electron chi connectivity index (χ1n) is 6.27. The molecule has 0 amide bonds. The number of piperidine rings is 1. The molecule has 0 N–H and O–H groups in total. The summed E-state index contributed by atoms with van der Waals surface area (Å²) in [5.74, 6) is -0.107. The van der Waals surface area contributed by atoms with E-state index in [9.17, 15) is 4.39 Å². The first-order valence-corrected chi connectivity index (χ1v) is 7.07. The van der Waals surface area contributed by atoms with Gasteiger partial charge in [0.25, 0.3) is 0 Å². The molecule has 94 valence electrons. The minimum Gasteiger partial charge on any atom is -0.294 e. The minimum absolute atomic E-state index is 0.107. The predicted molar refractivity (Wildman–Crippen MR) is 72.4 cm³/mol. The summed E-state index contributed by atoms with van der Waals surface area (Å²) in [6.45, 7) is 5.21. The summed E-state index contributed by atoms with van der Waals surface area (Å²) in [4.78, 5) is 2.41. The zero-order chi connectivity index (χ0) is 12.4. The Labute approximate surface area is 111 Å². The fourth-order valence-corrected chi connectivity index (χ4v) is 2.97. The van der Waals surface area contributed by atoms with Crippen LogP contribution < -0.4 is 0 Å². The smallest absolute Gasteiger partial charge is 0.128 e. The van der Waals surface area contributed by atoms with Gasteiger partial charge in [-0.3, -0.25) is 4.90 Å². The highest BCUT2D eigenvalue weighted by molar-refractivity contribution is 9.10. The van der Waals surface area contributed by atoms with Crippen LogP contribution in [0.15, 0.2) is 22.7 Å². The molecule has 1 nitrogen and oxygen atoms in total. The van der Waals surface area contributed by atoms with Crippen LogP contribution in [0.2, 0.25) is 0 Å². The Bertz CT molecular complexity index is 384. The molecule has 2 rings (SSSR count). The quantitative estimate of drug-likeness (QED) is 0.785. The van der Waals surface area contributed by atoms with Gasteiger partial charge in [-0.2, -0.15) is 0 Å². The van der Waals surface area contributed by atoms with Gasteiger partial charge in [-0.15, -0.1) is 0 Å². The van der Waals surface area contributed by atoms with Crippen molar-refractivity contribution in [1.29, 1.82) is 0 Å². The second-order valence-corrected chi connectivity index (χ2v) is 5.95. The highest BCUT2D eigenvalue weighted by Gasteiger charge is 2.25. The first-order chi connectivity index (χ1) is 8.08. The molecule has 1 aliphatic rings. The van der Waals surface area contributed by atoms with E-state index in [2.05, 4.69) is 34.7 Å². The summed E-state index contributed by atoms with van der Waals surface area (Å²) >= 11 is 3.29. The second kappa shape index (κ2) is 5.49. The molecule has 2 unspecified atom stereocenters. The third-order valence-electron chi connectivity index (χ3n) is 3.74. The molecule has 0 saturated carbocycles. The Morgan fingerprint density at radius 2 is 1.94 bits per heavy atom. The van der Waals surface area contributed by atoms with Gasteiger partial charge in [0.05, 0.1) is 0 Å². The zero-order valence-corrected chi connectivity index (χ0v) is 12.0. The Morgan fingerprint density at radius 1 is 1.29 bits per heavy atom. The van der Waals surface area contributed by atoms with Crippen LogP contribution in [-0.4, -0.2) is 17.0 Å². The summed E-state index contributed by atoms with van der Waals surface area (Å²) in [7, 11) is 0. The average molecular weight is 300 g/mol. The van der Waals surface area contributed by atoms with Gasteiger partial charge in [0.15, 0.2) is 0 Å². The number of hydrogen-bond donors (Lipinski definition) is 0. The van der Waals surface area contributed by atoms with Gasteiger partial charge in [-0.25, -0.2) is 4.39 Å². The Morgan fingerprint density at radius 3 is 2.53 bits per heavy atom. The van der Waals surface area contributed by atoms with Gasteiger partial charge in [-0.1, -0.05) is 28.4 Å². The summed E-state index contributed by atoms with van der Waals surface area (Å²) in [5, 5.41) is 0. The normalized spacial score (nSPS) is 26.1. The van der Waals surface area contributed by atoms with Crippen molar-refractivity contribution in [1.82, 2.24) is 4.90 Å². The Hall–Kier alpha value is -0.410. The molecule has 1 saturated heterocycles. The van der Waals surface area contributed by atoms with Crippen LogP contribution in [0.1, 0.15) is 38.7 Å². The van der Waals surface area contributed by atoms with E-state index in [0.29, 0.717) is 12.1 Å². The lowest BCUT2D eigenvalue weighted by Gasteiger charge is -2.39. The van der Waals surface area contributed by atoms with Crippen molar-refractivity contribution in [3.8, 4) is 0 Å². The van der Waals surface area contributed by atoms with Crippen LogP contribution in [0, 0.1) is 5.82 Å². The molecule has 0 aromatic heterocycles. The van der Waals surface area contributed by atoms with Gasteiger partial charge in [-0.05, 0) is 38.8 Å². The van der Waals surface area contributed by atoms with Crippen molar-refractivity contribution in [2.24, 2.45) is 0 Å². The average Bonchev–Trinajstić information content (AvgIpc) is 2.26. The molecule has 1 fully saturated rings. The highest BCUT2D eigenvalue weighted by atomic mass is 79.9. The van der Waals surface area contributed by atoms with E-state index in [1.807, 2.05) is 12.1 Å². The van der Waals surface area contributed by atoms with Crippen LogP contribution in [-0.2, 0) is 6.54 Å². The number of rotatable bonds is 2. The van der Waals surface area contributed by atoms with E-state index in [1.165, 1.54) is 19.3 Å². The van der Waals surface area contributed by atoms with Crippen LogP contribution in [0.4, 0.5) is 4.39 Å². The summed E-state index contributed by atoms with van der Waals surface area (Å²) < 4.78 is 14.6. The lowest BCUT2D eigenvalue weighted by atomic mass is 9.96. The maximum atomic E-state index is 13.8. The van der Waals surface area contributed by atoms with Crippen LogP contribution >= 0.6 is 15.9 Å². The monoisotopic (exact) mass is 299 g/mol. The fraction of sp³-hybridized carbons (Fsp3) is 0.571. The summed E-state index contributed by atoms with van der Waals surface area (Å²) in [6.07, 6.45) is 3.74. The molecule has 17 heavy (non-hydrogen) atoms. The molecule has 0 spiro atoms. The topological polar surface area (TPSA) is 3.24 Å². The number of nitrogens with zero attached hydrogens (tertiary/aromatic N) is 1. The number of likely N-dealkylation sites (tertiary alicyclic amines) is 1. The van der Waals surface area contributed by atoms with E-state index in [4.69, 9.17) is 0 Å². The maximum Gasteiger partial charge on any atom is 0.128 e. The molecular formula is C14H19BrFN. The molecule has 1 heterocycles. The third-order valence-corrected chi connectivity index (χ3v) is 4.24. The number of halogens is 2. The van der Waals surface area contributed by atoms with E-state index in [1.54, 1.807) is 6.07 Å². The maximum absolute atomic E-state index is 13.8. The Kier molecular flexibility index (Phi) is 4.21. The highest BCUT2D eigenvalue weighted by Crippen LogP contribution is 2.26. The number of benzene rings is 1. The van der Waals surface area contributed by atoms with Gasteiger partial charge < -0.3 is 0 Å². The van der Waals surface area contributed by atoms with Crippen molar-refractivity contribution in [2.45, 2.75) is 51.7 Å². The van der Waals surface area contributed by atoms with Crippen molar-refractivity contribution in [3.63, 3.8) is 0 Å². The molecule has 1 aromatic rings. The molecule has 0 bridgehead atoms. The van der Waals surface area contributed by atoms with Crippen molar-refractivity contribution in [2.75, 3.05) is 0 Å². The van der Waals surface area contributed by atoms with Crippen molar-refractivity contribution < 1.29 is 4.39 Å². The van der Waals surface area contributed by atoms with E-state index >= 15 is 0 Å². The lowest BCUT2D eigenvalue weighted by molar-refractivity contribution is 0.0940. The Balaban J connectivity index is 2.13. The van der Waals surface area contributed by atoms with Crippen molar-refractivity contribution >= 4 is 15.9 Å². The minimum atomic E-state index is -0.107. The molecule has 0 radical (unpaired) electrons. The first kappa shape index (κ1) is 13.0. The standard InChI is InChI=1S/C14H19BrFN/c1-10-4-3-5-11(2)17(10)9-12-6-7-13(15)8-14(12)16/h6-8,10-11H,3-5,9H2,1-2H3. The van der Waals surface area contributed by atoms with E-state index in [0.717, 1.165) is 16.6 Å². The largest absolute Gasteiger partial charge is 0.294 e. The van der Waals surface area contributed by atoms with Gasteiger partial charge in [0.2, 0.25) is 0 Å². The SMILES string of the molecule is CC1CCCC(C)N1Cc1ccc(Br)cc1F. The molecule has 2 atom stereocenters. The van der Waals surface area contributed by atoms with Crippen LogP contribution in [0.3, 0.4) is 0 Å². The summed E-state index contributed by atoms with van der Waals surface area (Å²) in [6, 6.07) is 6.46. The molecule has 1 aliphatic heterocycles. The van der Waals surface area contributed by atoms with E-state index < -0.39 is 0 Å². The van der Waals surface area contributed by atoms with Gasteiger partial charge in [0.1, 0.15) is 5.82 Å². The lowest BCUT2D eigenvalue weighted by Crippen LogP contribution is -2.43. The molecule has 1 aromatic carbocycles.